The molecule has 3 heteroatoms. The van der Waals surface area contributed by atoms with Crippen LogP contribution in [-0.2, 0) is 0 Å². The van der Waals surface area contributed by atoms with Gasteiger partial charge >= 0.3 is 0 Å². The van der Waals surface area contributed by atoms with E-state index in [1.165, 1.54) is 25.7 Å². The van der Waals surface area contributed by atoms with Crippen LogP contribution in [0.2, 0.25) is 0 Å². The van der Waals surface area contributed by atoms with E-state index in [9.17, 15) is 0 Å². The molecule has 0 atom stereocenters. The van der Waals surface area contributed by atoms with Crippen molar-refractivity contribution in [3.05, 3.63) is 90.0 Å². The quantitative estimate of drug-likeness (QED) is 0.202. The highest BCUT2D eigenvalue weighted by Crippen LogP contribution is 2.34. The lowest BCUT2D eigenvalue weighted by Gasteiger charge is -2.25. The fourth-order valence-electron chi connectivity index (χ4n) is 3.86. The van der Waals surface area contributed by atoms with Crippen molar-refractivity contribution in [3.8, 4) is 11.5 Å². The summed E-state index contributed by atoms with van der Waals surface area (Å²) in [4.78, 5) is 4.62. The molecular formula is C31H37NO2. The molecule has 0 radical (unpaired) electrons. The molecule has 3 rings (SSSR count). The van der Waals surface area contributed by atoms with E-state index in [-0.39, 0.29) is 5.41 Å². The van der Waals surface area contributed by atoms with Crippen LogP contribution >= 0.6 is 0 Å². The van der Waals surface area contributed by atoms with Gasteiger partial charge in [-0.3, -0.25) is 0 Å². The van der Waals surface area contributed by atoms with Gasteiger partial charge in [0.2, 0.25) is 0 Å². The average molecular weight is 456 g/mol. The highest BCUT2D eigenvalue weighted by molar-refractivity contribution is 6.01. The zero-order valence-electron chi connectivity index (χ0n) is 21.0. The first-order valence-corrected chi connectivity index (χ1v) is 12.3. The van der Waals surface area contributed by atoms with E-state index in [0.717, 1.165) is 40.3 Å². The molecule has 3 aromatic carbocycles. The number of rotatable bonds is 12. The molecule has 178 valence electrons. The monoisotopic (exact) mass is 455 g/mol. The first kappa shape index (κ1) is 25.3. The van der Waals surface area contributed by atoms with Crippen molar-refractivity contribution in [1.29, 1.82) is 0 Å². The van der Waals surface area contributed by atoms with Crippen LogP contribution in [0.25, 0.3) is 5.57 Å². The van der Waals surface area contributed by atoms with Gasteiger partial charge in [-0.15, -0.1) is 0 Å². The molecule has 0 aliphatic rings. The van der Waals surface area contributed by atoms with Crippen LogP contribution < -0.4 is 9.47 Å². The number of nitrogens with zero attached hydrogens (tertiary/aromatic N) is 1. The third-order valence-corrected chi connectivity index (χ3v) is 5.89. The molecule has 0 amide bonds. The van der Waals surface area contributed by atoms with Gasteiger partial charge in [0.25, 0.3) is 0 Å². The molecule has 3 aromatic rings. The highest BCUT2D eigenvalue weighted by Gasteiger charge is 2.19. The number of hydrogen-bond donors (Lipinski definition) is 0. The smallest absolute Gasteiger partial charge is 0.127 e. The van der Waals surface area contributed by atoms with Crippen molar-refractivity contribution in [2.45, 2.75) is 52.9 Å². The molecule has 0 aromatic heterocycles. The van der Waals surface area contributed by atoms with Crippen LogP contribution in [0.4, 0.5) is 5.69 Å². The van der Waals surface area contributed by atoms with Gasteiger partial charge < -0.3 is 9.47 Å². The first-order chi connectivity index (χ1) is 16.5. The Bertz CT molecular complexity index is 1080. The third-order valence-electron chi connectivity index (χ3n) is 5.89. The lowest BCUT2D eigenvalue weighted by atomic mass is 9.88. The summed E-state index contributed by atoms with van der Waals surface area (Å²) in [6.45, 7) is 7.49. The van der Waals surface area contributed by atoms with Crippen LogP contribution in [0.15, 0.2) is 83.9 Å². The normalized spacial score (nSPS) is 10.9. The zero-order chi connectivity index (χ0) is 24.2. The van der Waals surface area contributed by atoms with Crippen LogP contribution in [0.1, 0.15) is 64.0 Å². The number of hydrogen-bond acceptors (Lipinski definition) is 3. The van der Waals surface area contributed by atoms with Crippen molar-refractivity contribution in [2.24, 2.45) is 10.4 Å². The fourth-order valence-corrected chi connectivity index (χ4v) is 3.86. The second-order valence-electron chi connectivity index (χ2n) is 9.43. The highest BCUT2D eigenvalue weighted by atomic mass is 16.5. The Morgan fingerprint density at radius 1 is 0.882 bits per heavy atom. The van der Waals surface area contributed by atoms with Gasteiger partial charge in [0, 0.05) is 5.56 Å². The van der Waals surface area contributed by atoms with E-state index < -0.39 is 0 Å². The Hall–Kier alpha value is -3.29. The molecular weight excluding hydrogens is 418 g/mol. The Kier molecular flexibility index (Phi) is 9.55. The second kappa shape index (κ2) is 12.8. The zero-order valence-corrected chi connectivity index (χ0v) is 21.0. The fraction of sp³-hybridized carbons (Fsp3) is 0.355. The van der Waals surface area contributed by atoms with E-state index in [4.69, 9.17) is 9.47 Å². The standard InChI is InChI=1S/C31H37NO2/c1-5-6-7-14-21-31(2,3)24-34-27-19-20-30(33-4)28(22-27)29(25-15-10-8-11-16-25)23-32-26-17-12-9-13-18-26/h8-13,15-20,22H,5-7,14,21,24H2,1-4H3. The number of aliphatic imine (C=N–C) groups is 1. The molecule has 0 spiro atoms. The van der Waals surface area contributed by atoms with E-state index in [1.807, 2.05) is 66.7 Å². The third kappa shape index (κ3) is 7.64. The average Bonchev–Trinajstić information content (AvgIpc) is 2.87. The van der Waals surface area contributed by atoms with Gasteiger partial charge in [-0.05, 0) is 53.6 Å². The number of benzene rings is 3. The summed E-state index contributed by atoms with van der Waals surface area (Å²) in [5.41, 5.74) is 3.78. The molecule has 3 nitrogen and oxygen atoms in total. The number of para-hydroxylation sites is 1. The van der Waals surface area contributed by atoms with Crippen LogP contribution in [0, 0.1) is 5.41 Å². The summed E-state index contributed by atoms with van der Waals surface area (Å²) in [5, 5.41) is 0. The molecule has 0 heterocycles. The topological polar surface area (TPSA) is 30.8 Å². The van der Waals surface area contributed by atoms with Gasteiger partial charge in [0.1, 0.15) is 11.5 Å². The van der Waals surface area contributed by atoms with Gasteiger partial charge in [-0.2, -0.15) is 0 Å². The van der Waals surface area contributed by atoms with Crippen LogP contribution in [0.3, 0.4) is 0 Å². The summed E-state index contributed by atoms with van der Waals surface area (Å²) in [5.74, 6) is 4.88. The maximum atomic E-state index is 6.29. The largest absolute Gasteiger partial charge is 0.496 e. The Labute approximate surface area is 205 Å². The minimum Gasteiger partial charge on any atom is -0.496 e. The van der Waals surface area contributed by atoms with Gasteiger partial charge in [0.05, 0.1) is 25.0 Å². The van der Waals surface area contributed by atoms with Crippen molar-refractivity contribution in [2.75, 3.05) is 13.7 Å². The molecule has 0 fully saturated rings. The number of methoxy groups -OCH3 is 1. The van der Waals surface area contributed by atoms with E-state index in [2.05, 4.69) is 43.8 Å². The maximum absolute atomic E-state index is 6.29. The molecule has 0 bridgehead atoms. The van der Waals surface area contributed by atoms with E-state index in [1.54, 1.807) is 7.11 Å². The molecule has 0 aliphatic heterocycles. The predicted molar refractivity (Wildman–Crippen MR) is 144 cm³/mol. The van der Waals surface area contributed by atoms with Crippen molar-refractivity contribution >= 4 is 17.1 Å². The molecule has 0 unspecified atom stereocenters. The Morgan fingerprint density at radius 3 is 2.26 bits per heavy atom. The summed E-state index contributed by atoms with van der Waals surface area (Å²) >= 11 is 0. The SMILES string of the molecule is CCCCCCC(C)(C)COc1ccc(OC)c(C(=C=Nc2ccccc2)c2ccccc2)c1. The first-order valence-electron chi connectivity index (χ1n) is 12.3. The predicted octanol–water partition coefficient (Wildman–Crippen LogP) is 8.50. The van der Waals surface area contributed by atoms with Gasteiger partial charge in [-0.1, -0.05) is 95.0 Å². The Balaban J connectivity index is 1.91. The summed E-state index contributed by atoms with van der Waals surface area (Å²) in [6.07, 6.45) is 6.26. The van der Waals surface area contributed by atoms with Crippen LogP contribution in [0.5, 0.6) is 11.5 Å². The number of unbranched alkanes of at least 4 members (excludes halogenated alkanes) is 3. The van der Waals surface area contributed by atoms with E-state index >= 15 is 0 Å². The maximum Gasteiger partial charge on any atom is 0.127 e. The lowest BCUT2D eigenvalue weighted by Crippen LogP contribution is -2.21. The minimum atomic E-state index is 0.126. The minimum absolute atomic E-state index is 0.126. The van der Waals surface area contributed by atoms with Crippen LogP contribution in [-0.4, -0.2) is 19.6 Å². The van der Waals surface area contributed by atoms with Gasteiger partial charge in [-0.25, -0.2) is 4.99 Å². The molecule has 0 saturated carbocycles. The molecule has 0 N–H and O–H groups in total. The summed E-state index contributed by atoms with van der Waals surface area (Å²) in [6, 6.07) is 26.0. The Morgan fingerprint density at radius 2 is 1.59 bits per heavy atom. The molecule has 0 aliphatic carbocycles. The lowest BCUT2D eigenvalue weighted by molar-refractivity contribution is 0.165. The molecule has 0 saturated heterocycles. The van der Waals surface area contributed by atoms with Crippen molar-refractivity contribution in [1.82, 2.24) is 0 Å². The van der Waals surface area contributed by atoms with Gasteiger partial charge in [0.15, 0.2) is 0 Å². The molecule has 34 heavy (non-hydrogen) atoms. The van der Waals surface area contributed by atoms with Crippen molar-refractivity contribution in [3.63, 3.8) is 0 Å². The summed E-state index contributed by atoms with van der Waals surface area (Å²) in [7, 11) is 1.69. The second-order valence-corrected chi connectivity index (χ2v) is 9.43. The number of ether oxygens (including phenoxy) is 2. The van der Waals surface area contributed by atoms with E-state index in [0.29, 0.717) is 6.61 Å². The van der Waals surface area contributed by atoms with Crippen molar-refractivity contribution < 1.29 is 9.47 Å². The summed E-state index contributed by atoms with van der Waals surface area (Å²) < 4.78 is 12.0.